The van der Waals surface area contributed by atoms with E-state index in [-0.39, 0.29) is 11.5 Å². The van der Waals surface area contributed by atoms with Crippen molar-refractivity contribution in [1.82, 2.24) is 15.5 Å². The number of nitrogens with one attached hydrogen (secondary N) is 1. The Morgan fingerprint density at radius 1 is 1.19 bits per heavy atom. The van der Waals surface area contributed by atoms with Crippen LogP contribution in [0.1, 0.15) is 26.7 Å². The van der Waals surface area contributed by atoms with Gasteiger partial charge in [0.25, 0.3) is 0 Å². The lowest BCUT2D eigenvalue weighted by Gasteiger charge is -2.29. The molecule has 1 atom stereocenters. The summed E-state index contributed by atoms with van der Waals surface area (Å²) in [5.74, 6) is 1.09. The van der Waals surface area contributed by atoms with E-state index in [9.17, 15) is 0 Å². The molecule has 1 N–H and O–H groups in total. The molecule has 21 heavy (non-hydrogen) atoms. The minimum Gasteiger partial charge on any atom is -0.339 e. The first-order valence-electron chi connectivity index (χ1n) is 6.76. The van der Waals surface area contributed by atoms with E-state index in [1.165, 1.54) is 0 Å². The highest BCUT2D eigenvalue weighted by molar-refractivity contribution is 6.35. The first-order valence-corrected chi connectivity index (χ1v) is 7.51. The summed E-state index contributed by atoms with van der Waals surface area (Å²) in [5.41, 5.74) is 0.849. The predicted octanol–water partition coefficient (Wildman–Crippen LogP) is 4.22. The lowest BCUT2D eigenvalue weighted by molar-refractivity contribution is 0.255. The van der Waals surface area contributed by atoms with Gasteiger partial charge in [-0.15, -0.1) is 0 Å². The van der Waals surface area contributed by atoms with Gasteiger partial charge in [-0.05, 0) is 30.7 Å². The van der Waals surface area contributed by atoms with E-state index in [0.29, 0.717) is 28.2 Å². The summed E-state index contributed by atoms with van der Waals surface area (Å²) in [4.78, 5) is 4.43. The van der Waals surface area contributed by atoms with Gasteiger partial charge in [-0.3, -0.25) is 0 Å². The van der Waals surface area contributed by atoms with Gasteiger partial charge in [0.2, 0.25) is 11.7 Å². The molecule has 1 aromatic heterocycles. The van der Waals surface area contributed by atoms with Crippen LogP contribution in [0.3, 0.4) is 0 Å². The highest BCUT2D eigenvalue weighted by atomic mass is 35.5. The number of nitrogens with zero attached hydrogens (tertiary/aromatic N) is 2. The molecule has 2 aromatic rings. The molecule has 0 aliphatic rings. The summed E-state index contributed by atoms with van der Waals surface area (Å²) in [6, 6.07) is 5.45. The molecule has 1 heterocycles. The Morgan fingerprint density at radius 2 is 1.81 bits per heavy atom. The average molecular weight is 328 g/mol. The third-order valence-corrected chi connectivity index (χ3v) is 3.80. The molecule has 0 bridgehead atoms. The van der Waals surface area contributed by atoms with E-state index in [1.807, 2.05) is 7.05 Å². The molecule has 6 heteroatoms. The molecule has 0 saturated carbocycles. The number of halogens is 2. The molecule has 0 aliphatic carbocycles. The van der Waals surface area contributed by atoms with Crippen LogP contribution in [0.25, 0.3) is 11.4 Å². The summed E-state index contributed by atoms with van der Waals surface area (Å²) in [6.45, 7) is 6.51. The molecule has 4 nitrogen and oxygen atoms in total. The number of likely N-dealkylation sites (N-methyl/N-ethyl adjacent to an activating group) is 1. The predicted molar refractivity (Wildman–Crippen MR) is 85.8 cm³/mol. The maximum Gasteiger partial charge on any atom is 0.228 e. The molecule has 0 aliphatic heterocycles. The molecule has 1 unspecified atom stereocenters. The Labute approximate surface area is 134 Å². The van der Waals surface area contributed by atoms with Crippen LogP contribution in [0, 0.1) is 5.41 Å². The van der Waals surface area contributed by atoms with Crippen molar-refractivity contribution < 1.29 is 4.52 Å². The summed E-state index contributed by atoms with van der Waals surface area (Å²) < 4.78 is 5.34. The minimum absolute atomic E-state index is 0.0999. The third-order valence-electron chi connectivity index (χ3n) is 3.36. The Hall–Kier alpha value is -1.10. The van der Waals surface area contributed by atoms with E-state index in [1.54, 1.807) is 18.2 Å². The number of rotatable bonds is 4. The molecular weight excluding hydrogens is 309 g/mol. The van der Waals surface area contributed by atoms with Crippen molar-refractivity contribution in [1.29, 1.82) is 0 Å². The lowest BCUT2D eigenvalue weighted by atomic mass is 9.85. The Morgan fingerprint density at radius 3 is 2.33 bits per heavy atom. The van der Waals surface area contributed by atoms with Gasteiger partial charge in [0.15, 0.2) is 0 Å². The highest BCUT2D eigenvalue weighted by Crippen LogP contribution is 2.26. The van der Waals surface area contributed by atoms with E-state index < -0.39 is 0 Å². The largest absolute Gasteiger partial charge is 0.339 e. The van der Waals surface area contributed by atoms with Gasteiger partial charge in [-0.2, -0.15) is 4.98 Å². The van der Waals surface area contributed by atoms with Gasteiger partial charge in [-0.1, -0.05) is 49.1 Å². The van der Waals surface area contributed by atoms with Gasteiger partial charge in [0, 0.05) is 28.1 Å². The standard InChI is InChI=1S/C15H19Cl2N3O/c1-15(2,3)12(18-4)8-13-19-14(20-21-13)9-5-10(16)7-11(17)6-9/h5-7,12,18H,8H2,1-4H3. The second-order valence-corrected chi connectivity index (χ2v) is 6.95. The molecule has 2 rings (SSSR count). The smallest absolute Gasteiger partial charge is 0.228 e. The van der Waals surface area contributed by atoms with Crippen LogP contribution in [0.15, 0.2) is 22.7 Å². The molecule has 0 radical (unpaired) electrons. The molecule has 114 valence electrons. The van der Waals surface area contributed by atoms with Gasteiger partial charge >= 0.3 is 0 Å². The molecule has 0 spiro atoms. The first-order chi connectivity index (χ1) is 9.79. The van der Waals surface area contributed by atoms with Crippen LogP contribution < -0.4 is 5.32 Å². The minimum atomic E-state index is 0.0999. The van der Waals surface area contributed by atoms with E-state index in [2.05, 4.69) is 36.2 Å². The zero-order chi connectivity index (χ0) is 15.6. The zero-order valence-corrected chi connectivity index (χ0v) is 14.1. The maximum atomic E-state index is 5.99. The van der Waals surface area contributed by atoms with E-state index in [4.69, 9.17) is 27.7 Å². The fraction of sp³-hybridized carbons (Fsp3) is 0.467. The summed E-state index contributed by atoms with van der Waals surface area (Å²) >= 11 is 12.0. The highest BCUT2D eigenvalue weighted by Gasteiger charge is 2.25. The quantitative estimate of drug-likeness (QED) is 0.913. The fourth-order valence-corrected chi connectivity index (χ4v) is 2.68. The van der Waals surface area contributed by atoms with Crippen molar-refractivity contribution in [2.24, 2.45) is 5.41 Å². The first kappa shape index (κ1) is 16.3. The van der Waals surface area contributed by atoms with E-state index >= 15 is 0 Å². The molecule has 1 aromatic carbocycles. The van der Waals surface area contributed by atoms with Gasteiger partial charge in [-0.25, -0.2) is 0 Å². The molecule has 0 amide bonds. The van der Waals surface area contributed by atoms with Crippen LogP contribution in [0.2, 0.25) is 10.0 Å². The average Bonchev–Trinajstić information content (AvgIpc) is 2.81. The number of hydrogen-bond donors (Lipinski definition) is 1. The van der Waals surface area contributed by atoms with Crippen LogP contribution in [-0.4, -0.2) is 23.2 Å². The number of hydrogen-bond acceptors (Lipinski definition) is 4. The topological polar surface area (TPSA) is 51.0 Å². The van der Waals surface area contributed by atoms with Crippen molar-refractivity contribution in [2.75, 3.05) is 7.05 Å². The molecule has 0 saturated heterocycles. The van der Waals surface area contributed by atoms with Crippen molar-refractivity contribution in [3.05, 3.63) is 34.1 Å². The van der Waals surface area contributed by atoms with Crippen molar-refractivity contribution in [2.45, 2.75) is 33.2 Å². The number of aromatic nitrogens is 2. The second kappa shape index (κ2) is 6.34. The lowest BCUT2D eigenvalue weighted by Crippen LogP contribution is -2.39. The van der Waals surface area contributed by atoms with Crippen LogP contribution >= 0.6 is 23.2 Å². The van der Waals surface area contributed by atoms with Crippen molar-refractivity contribution >= 4 is 23.2 Å². The maximum absolute atomic E-state index is 5.99. The summed E-state index contributed by atoms with van der Waals surface area (Å²) in [5, 5.41) is 8.39. The van der Waals surface area contributed by atoms with Crippen LogP contribution in [0.4, 0.5) is 0 Å². The Kier molecular flexibility index (Phi) is 4.91. The van der Waals surface area contributed by atoms with Crippen molar-refractivity contribution in [3.8, 4) is 11.4 Å². The van der Waals surface area contributed by atoms with Gasteiger partial charge < -0.3 is 9.84 Å². The van der Waals surface area contributed by atoms with Gasteiger partial charge in [0.1, 0.15) is 0 Å². The SMILES string of the molecule is CNC(Cc1nc(-c2cc(Cl)cc(Cl)c2)no1)C(C)(C)C. The Bertz CT molecular complexity index is 599. The Balaban J connectivity index is 2.21. The van der Waals surface area contributed by atoms with E-state index in [0.717, 1.165) is 5.56 Å². The monoisotopic (exact) mass is 327 g/mol. The second-order valence-electron chi connectivity index (χ2n) is 6.08. The fourth-order valence-electron chi connectivity index (χ4n) is 2.15. The van der Waals surface area contributed by atoms with Crippen LogP contribution in [0.5, 0.6) is 0 Å². The number of benzene rings is 1. The van der Waals surface area contributed by atoms with Crippen LogP contribution in [-0.2, 0) is 6.42 Å². The third kappa shape index (κ3) is 4.19. The molecular formula is C15H19Cl2N3O. The van der Waals surface area contributed by atoms with Gasteiger partial charge in [0.05, 0.1) is 0 Å². The molecule has 0 fully saturated rings. The zero-order valence-electron chi connectivity index (χ0n) is 12.6. The van der Waals surface area contributed by atoms with Crippen molar-refractivity contribution in [3.63, 3.8) is 0 Å². The summed E-state index contributed by atoms with van der Waals surface area (Å²) in [6.07, 6.45) is 0.668. The summed E-state index contributed by atoms with van der Waals surface area (Å²) in [7, 11) is 1.93. The normalized spacial score (nSPS) is 13.4.